The van der Waals surface area contributed by atoms with Crippen LogP contribution in [-0.2, 0) is 6.42 Å². The minimum atomic E-state index is -1.03. The Morgan fingerprint density at radius 3 is 3.00 bits per heavy atom. The first kappa shape index (κ1) is 11.5. The van der Waals surface area contributed by atoms with Crippen LogP contribution in [0.25, 0.3) is 0 Å². The van der Waals surface area contributed by atoms with E-state index in [1.54, 1.807) is 0 Å². The summed E-state index contributed by atoms with van der Waals surface area (Å²) >= 11 is 11.5. The molecule has 1 aliphatic heterocycles. The second-order valence-corrected chi connectivity index (χ2v) is 4.35. The summed E-state index contributed by atoms with van der Waals surface area (Å²) in [5.74, 6) is -0.0824. The fourth-order valence-corrected chi connectivity index (χ4v) is 2.23. The molecule has 0 aromatic heterocycles. The number of hydrogen-bond acceptors (Lipinski definition) is 2. The van der Waals surface area contributed by atoms with Gasteiger partial charge in [-0.2, -0.15) is 5.26 Å². The Kier molecular flexibility index (Phi) is 3.22. The third-order valence-electron chi connectivity index (χ3n) is 2.52. The van der Waals surface area contributed by atoms with Gasteiger partial charge in [0.1, 0.15) is 16.9 Å². The van der Waals surface area contributed by atoms with E-state index in [9.17, 15) is 4.39 Å². The first-order chi connectivity index (χ1) is 7.65. The van der Waals surface area contributed by atoms with Gasteiger partial charge >= 0.3 is 0 Å². The molecular formula is C11H8Cl2FNO. The summed E-state index contributed by atoms with van der Waals surface area (Å²) in [4.78, 5) is 0. The molecule has 1 aromatic rings. The highest BCUT2D eigenvalue weighted by Crippen LogP contribution is 2.39. The van der Waals surface area contributed by atoms with E-state index in [0.717, 1.165) is 6.42 Å². The van der Waals surface area contributed by atoms with Gasteiger partial charge in [0.15, 0.2) is 0 Å². The second-order valence-electron chi connectivity index (χ2n) is 3.51. The predicted molar refractivity (Wildman–Crippen MR) is 59.4 cm³/mol. The zero-order chi connectivity index (χ0) is 11.7. The molecule has 16 heavy (non-hydrogen) atoms. The Bertz CT molecular complexity index is 470. The lowest BCUT2D eigenvalue weighted by Gasteiger charge is -2.21. The van der Waals surface area contributed by atoms with E-state index in [1.807, 2.05) is 6.07 Å². The molecule has 1 atom stereocenters. The summed E-state index contributed by atoms with van der Waals surface area (Å²) in [6, 6.07) is 3.25. The van der Waals surface area contributed by atoms with Gasteiger partial charge in [0.25, 0.3) is 0 Å². The summed E-state index contributed by atoms with van der Waals surface area (Å²) in [6.45, 7) is 0.577. The van der Waals surface area contributed by atoms with Crippen LogP contribution in [0, 0.1) is 17.1 Å². The van der Waals surface area contributed by atoms with Crippen LogP contribution in [0.15, 0.2) is 6.07 Å². The molecule has 84 valence electrons. The summed E-state index contributed by atoms with van der Waals surface area (Å²) in [5, 5.41) is 7.68. The molecule has 0 bridgehead atoms. The molecule has 0 saturated heterocycles. The third kappa shape index (κ3) is 1.83. The highest BCUT2D eigenvalue weighted by atomic mass is 35.5. The average Bonchev–Trinajstić information content (AvgIpc) is 2.30. The van der Waals surface area contributed by atoms with E-state index in [2.05, 4.69) is 0 Å². The average molecular weight is 260 g/mol. The van der Waals surface area contributed by atoms with Crippen LogP contribution < -0.4 is 4.74 Å². The van der Waals surface area contributed by atoms with Gasteiger partial charge in [0, 0.05) is 17.2 Å². The third-order valence-corrected chi connectivity index (χ3v) is 3.11. The Balaban J connectivity index is 2.64. The van der Waals surface area contributed by atoms with Crippen molar-refractivity contribution in [2.75, 3.05) is 6.61 Å². The quantitative estimate of drug-likeness (QED) is 0.722. The number of halogens is 3. The lowest BCUT2D eigenvalue weighted by atomic mass is 9.97. The number of benzene rings is 1. The molecular weight excluding hydrogens is 252 g/mol. The minimum Gasteiger partial charge on any atom is -0.493 e. The van der Waals surface area contributed by atoms with Gasteiger partial charge in [-0.25, -0.2) is 4.39 Å². The summed E-state index contributed by atoms with van der Waals surface area (Å²) in [7, 11) is 0. The number of alkyl halides is 1. The number of hydrogen-bond donors (Lipinski definition) is 0. The largest absolute Gasteiger partial charge is 0.493 e. The summed E-state index contributed by atoms with van der Waals surface area (Å²) < 4.78 is 19.2. The fraction of sp³-hybridized carbons (Fsp3) is 0.364. The van der Waals surface area contributed by atoms with Crippen molar-refractivity contribution < 1.29 is 9.13 Å². The summed E-state index contributed by atoms with van der Waals surface area (Å²) in [6.07, 6.45) is 1.44. The van der Waals surface area contributed by atoms with Gasteiger partial charge in [-0.1, -0.05) is 11.6 Å². The van der Waals surface area contributed by atoms with Crippen LogP contribution in [0.4, 0.5) is 4.39 Å². The highest BCUT2D eigenvalue weighted by Gasteiger charge is 2.25. The SMILES string of the molecule is N#CC(Cl)c1c(F)c(Cl)cc2c1CCCO2. The van der Waals surface area contributed by atoms with E-state index in [1.165, 1.54) is 6.07 Å². The molecule has 1 aromatic carbocycles. The topological polar surface area (TPSA) is 33.0 Å². The van der Waals surface area contributed by atoms with E-state index < -0.39 is 11.2 Å². The molecule has 5 heteroatoms. The monoisotopic (exact) mass is 259 g/mol. The lowest BCUT2D eigenvalue weighted by Crippen LogP contribution is -2.13. The zero-order valence-electron chi connectivity index (χ0n) is 8.27. The highest BCUT2D eigenvalue weighted by molar-refractivity contribution is 6.31. The van der Waals surface area contributed by atoms with Gasteiger partial charge in [-0.05, 0) is 12.8 Å². The molecule has 0 aliphatic carbocycles. The van der Waals surface area contributed by atoms with Crippen LogP contribution >= 0.6 is 23.2 Å². The van der Waals surface area contributed by atoms with Gasteiger partial charge in [0.05, 0.1) is 17.7 Å². The molecule has 2 rings (SSSR count). The van der Waals surface area contributed by atoms with Crippen molar-refractivity contribution in [3.8, 4) is 11.8 Å². The Labute approximate surface area is 103 Å². The van der Waals surface area contributed by atoms with Gasteiger partial charge < -0.3 is 4.74 Å². The predicted octanol–water partition coefficient (Wildman–Crippen LogP) is 3.61. The molecule has 0 amide bonds. The first-order valence-electron chi connectivity index (χ1n) is 4.82. The molecule has 0 N–H and O–H groups in total. The molecule has 1 heterocycles. The molecule has 0 saturated carbocycles. The normalized spacial score (nSPS) is 15.9. The zero-order valence-corrected chi connectivity index (χ0v) is 9.78. The number of ether oxygens (including phenoxy) is 1. The van der Waals surface area contributed by atoms with E-state index >= 15 is 0 Å². The standard InChI is InChI=1S/C11H8Cl2FNO/c12-7-4-9-6(2-1-3-16-9)10(11(7)14)8(13)5-15/h4,8H,1-3H2. The molecule has 2 nitrogen and oxygen atoms in total. The lowest BCUT2D eigenvalue weighted by molar-refractivity contribution is 0.286. The maximum absolute atomic E-state index is 13.8. The van der Waals surface area contributed by atoms with Crippen molar-refractivity contribution in [1.29, 1.82) is 5.26 Å². The molecule has 1 aliphatic rings. The van der Waals surface area contributed by atoms with E-state index in [0.29, 0.717) is 24.3 Å². The number of fused-ring (bicyclic) bond motifs is 1. The molecule has 0 spiro atoms. The number of nitriles is 1. The Hall–Kier alpha value is -0.980. The van der Waals surface area contributed by atoms with Crippen molar-refractivity contribution in [2.45, 2.75) is 18.2 Å². The van der Waals surface area contributed by atoms with Crippen LogP contribution in [-0.4, -0.2) is 6.61 Å². The fourth-order valence-electron chi connectivity index (χ4n) is 1.81. The van der Waals surface area contributed by atoms with E-state index in [4.69, 9.17) is 33.2 Å². The number of nitrogens with zero attached hydrogens (tertiary/aromatic N) is 1. The van der Waals surface area contributed by atoms with Crippen LogP contribution in [0.1, 0.15) is 22.9 Å². The Morgan fingerprint density at radius 2 is 2.31 bits per heavy atom. The van der Waals surface area contributed by atoms with Gasteiger partial charge in [0.2, 0.25) is 0 Å². The van der Waals surface area contributed by atoms with Crippen LogP contribution in [0.2, 0.25) is 5.02 Å². The van der Waals surface area contributed by atoms with Crippen LogP contribution in [0.3, 0.4) is 0 Å². The van der Waals surface area contributed by atoms with Crippen molar-refractivity contribution in [3.05, 3.63) is 28.0 Å². The smallest absolute Gasteiger partial charge is 0.148 e. The maximum atomic E-state index is 13.8. The first-order valence-corrected chi connectivity index (χ1v) is 5.64. The van der Waals surface area contributed by atoms with Crippen molar-refractivity contribution in [2.24, 2.45) is 0 Å². The van der Waals surface area contributed by atoms with E-state index in [-0.39, 0.29) is 10.6 Å². The van der Waals surface area contributed by atoms with Gasteiger partial charge in [-0.3, -0.25) is 0 Å². The minimum absolute atomic E-state index is 0.0587. The molecule has 1 unspecified atom stereocenters. The van der Waals surface area contributed by atoms with Crippen molar-refractivity contribution in [3.63, 3.8) is 0 Å². The maximum Gasteiger partial charge on any atom is 0.148 e. The molecule has 0 fully saturated rings. The molecule has 0 radical (unpaired) electrons. The number of rotatable bonds is 1. The van der Waals surface area contributed by atoms with Crippen molar-refractivity contribution >= 4 is 23.2 Å². The second kappa shape index (κ2) is 4.48. The Morgan fingerprint density at radius 1 is 1.56 bits per heavy atom. The van der Waals surface area contributed by atoms with Crippen LogP contribution in [0.5, 0.6) is 5.75 Å². The van der Waals surface area contributed by atoms with Crippen molar-refractivity contribution in [1.82, 2.24) is 0 Å². The summed E-state index contributed by atoms with van der Waals surface area (Å²) in [5.41, 5.74) is 0.820. The van der Waals surface area contributed by atoms with Gasteiger partial charge in [-0.15, -0.1) is 11.6 Å².